The van der Waals surface area contributed by atoms with Crippen LogP contribution in [0.15, 0.2) is 35.7 Å². The van der Waals surface area contributed by atoms with Gasteiger partial charge in [-0.15, -0.1) is 23.1 Å². The lowest BCUT2D eigenvalue weighted by molar-refractivity contribution is 0.0765. The van der Waals surface area contributed by atoms with Crippen LogP contribution >= 0.6 is 23.1 Å². The van der Waals surface area contributed by atoms with Crippen molar-refractivity contribution in [1.29, 1.82) is 0 Å². The monoisotopic (exact) mass is 319 g/mol. The smallest absolute Gasteiger partial charge is 0.265 e. The Balaban J connectivity index is 1.63. The Morgan fingerprint density at radius 3 is 3.00 bits per heavy atom. The van der Waals surface area contributed by atoms with Crippen LogP contribution in [0.3, 0.4) is 0 Å². The number of rotatable bonds is 2. The lowest BCUT2D eigenvalue weighted by atomic mass is 10.2. The number of carbonyl (C=O) groups is 1. The van der Waals surface area contributed by atoms with Crippen molar-refractivity contribution in [2.45, 2.75) is 5.37 Å². The minimum absolute atomic E-state index is 0.0501. The third kappa shape index (κ3) is 2.28. The van der Waals surface area contributed by atoms with Gasteiger partial charge in [-0.05, 0) is 29.1 Å². The van der Waals surface area contributed by atoms with Crippen molar-refractivity contribution < 1.29 is 14.3 Å². The van der Waals surface area contributed by atoms with E-state index in [0.717, 1.165) is 34.2 Å². The highest BCUT2D eigenvalue weighted by atomic mass is 32.2. The summed E-state index contributed by atoms with van der Waals surface area (Å²) in [5, 5.41) is 1.99. The van der Waals surface area contributed by atoms with Crippen LogP contribution < -0.4 is 9.47 Å². The van der Waals surface area contributed by atoms with E-state index in [9.17, 15) is 4.79 Å². The van der Waals surface area contributed by atoms with E-state index < -0.39 is 0 Å². The minimum Gasteiger partial charge on any atom is -0.454 e. The predicted molar refractivity (Wildman–Crippen MR) is 83.1 cm³/mol. The summed E-state index contributed by atoms with van der Waals surface area (Å²) >= 11 is 3.28. The summed E-state index contributed by atoms with van der Waals surface area (Å²) < 4.78 is 10.8. The van der Waals surface area contributed by atoms with Gasteiger partial charge < -0.3 is 14.4 Å². The van der Waals surface area contributed by atoms with Crippen LogP contribution in [0.1, 0.15) is 20.6 Å². The zero-order valence-corrected chi connectivity index (χ0v) is 12.8. The molecular weight excluding hydrogens is 306 g/mol. The molecule has 4 nitrogen and oxygen atoms in total. The lowest BCUT2D eigenvalue weighted by Crippen LogP contribution is -2.29. The summed E-state index contributed by atoms with van der Waals surface area (Å²) in [4.78, 5) is 15.3. The van der Waals surface area contributed by atoms with E-state index in [1.165, 1.54) is 11.3 Å². The second-order valence-electron chi connectivity index (χ2n) is 4.81. The molecule has 0 saturated carbocycles. The van der Waals surface area contributed by atoms with Crippen molar-refractivity contribution in [1.82, 2.24) is 4.90 Å². The summed E-state index contributed by atoms with van der Waals surface area (Å²) in [6.07, 6.45) is 0. The maximum absolute atomic E-state index is 12.6. The van der Waals surface area contributed by atoms with Crippen LogP contribution in [0.5, 0.6) is 11.5 Å². The molecule has 21 heavy (non-hydrogen) atoms. The third-order valence-electron chi connectivity index (χ3n) is 3.57. The predicted octanol–water partition coefficient (Wildman–Crippen LogP) is 3.36. The van der Waals surface area contributed by atoms with E-state index in [2.05, 4.69) is 0 Å². The second kappa shape index (κ2) is 5.27. The Labute approximate surface area is 130 Å². The summed E-state index contributed by atoms with van der Waals surface area (Å²) in [6, 6.07) is 9.72. The highest BCUT2D eigenvalue weighted by Crippen LogP contribution is 2.42. The van der Waals surface area contributed by atoms with E-state index in [1.807, 2.05) is 40.6 Å². The molecule has 0 spiro atoms. The second-order valence-corrected chi connectivity index (χ2v) is 6.95. The van der Waals surface area contributed by atoms with Crippen LogP contribution in [0.25, 0.3) is 0 Å². The molecule has 3 heterocycles. The Morgan fingerprint density at radius 1 is 1.24 bits per heavy atom. The first-order valence-electron chi connectivity index (χ1n) is 6.68. The highest BCUT2D eigenvalue weighted by molar-refractivity contribution is 7.99. The molecule has 0 aliphatic carbocycles. The van der Waals surface area contributed by atoms with Gasteiger partial charge in [0.15, 0.2) is 11.5 Å². The molecule has 0 radical (unpaired) electrons. The van der Waals surface area contributed by atoms with Crippen LogP contribution in [0.2, 0.25) is 0 Å². The van der Waals surface area contributed by atoms with Crippen LogP contribution in [-0.2, 0) is 0 Å². The maximum Gasteiger partial charge on any atom is 0.265 e. The van der Waals surface area contributed by atoms with Crippen molar-refractivity contribution >= 4 is 29.0 Å². The van der Waals surface area contributed by atoms with Crippen molar-refractivity contribution in [3.63, 3.8) is 0 Å². The molecule has 1 saturated heterocycles. The molecule has 2 aliphatic rings. The van der Waals surface area contributed by atoms with Gasteiger partial charge in [0.1, 0.15) is 5.37 Å². The molecule has 1 fully saturated rings. The Kier molecular flexibility index (Phi) is 3.27. The molecule has 6 heteroatoms. The summed E-state index contributed by atoms with van der Waals surface area (Å²) in [5.74, 6) is 2.61. The van der Waals surface area contributed by atoms with Crippen molar-refractivity contribution in [3.05, 3.63) is 46.2 Å². The molecule has 1 unspecified atom stereocenters. The quantitative estimate of drug-likeness (QED) is 0.851. The highest BCUT2D eigenvalue weighted by Gasteiger charge is 2.32. The minimum atomic E-state index is 0.0501. The number of carbonyl (C=O) groups excluding carboxylic acids is 1. The van der Waals surface area contributed by atoms with Gasteiger partial charge in [0.25, 0.3) is 5.91 Å². The van der Waals surface area contributed by atoms with Gasteiger partial charge >= 0.3 is 0 Å². The van der Waals surface area contributed by atoms with E-state index in [4.69, 9.17) is 9.47 Å². The lowest BCUT2D eigenvalue weighted by Gasteiger charge is -2.23. The van der Waals surface area contributed by atoms with Crippen molar-refractivity contribution in [2.24, 2.45) is 0 Å². The zero-order valence-electron chi connectivity index (χ0n) is 11.2. The molecule has 1 aromatic carbocycles. The molecule has 2 aromatic rings. The van der Waals surface area contributed by atoms with Crippen LogP contribution in [0, 0.1) is 0 Å². The molecular formula is C15H13NO3S2. The first-order chi connectivity index (χ1) is 10.3. The van der Waals surface area contributed by atoms with Crippen molar-refractivity contribution in [2.75, 3.05) is 19.1 Å². The fourth-order valence-corrected chi connectivity index (χ4v) is 4.49. The van der Waals surface area contributed by atoms with Crippen LogP contribution in [0.4, 0.5) is 0 Å². The number of fused-ring (bicyclic) bond motifs is 1. The third-order valence-corrected chi connectivity index (χ3v) is 5.68. The Morgan fingerprint density at radius 2 is 2.14 bits per heavy atom. The first-order valence-corrected chi connectivity index (χ1v) is 8.61. The summed E-state index contributed by atoms with van der Waals surface area (Å²) in [5.41, 5.74) is 1.09. The summed E-state index contributed by atoms with van der Waals surface area (Å²) in [7, 11) is 0. The maximum atomic E-state index is 12.6. The van der Waals surface area contributed by atoms with E-state index in [0.29, 0.717) is 0 Å². The fraction of sp³-hybridized carbons (Fsp3) is 0.267. The fourth-order valence-electron chi connectivity index (χ4n) is 2.56. The average molecular weight is 319 g/mol. The van der Waals surface area contributed by atoms with E-state index >= 15 is 0 Å². The number of ether oxygens (including phenoxy) is 2. The molecule has 4 rings (SSSR count). The number of benzene rings is 1. The van der Waals surface area contributed by atoms with Gasteiger partial charge in [-0.3, -0.25) is 4.79 Å². The topological polar surface area (TPSA) is 38.8 Å². The van der Waals surface area contributed by atoms with E-state index in [1.54, 1.807) is 11.8 Å². The Bertz CT molecular complexity index is 672. The van der Waals surface area contributed by atoms with Gasteiger partial charge in [-0.1, -0.05) is 12.1 Å². The zero-order chi connectivity index (χ0) is 14.2. The van der Waals surface area contributed by atoms with Crippen LogP contribution in [-0.4, -0.2) is 29.9 Å². The number of nitrogens with zero attached hydrogens (tertiary/aromatic N) is 1. The normalized spacial score (nSPS) is 20.0. The largest absolute Gasteiger partial charge is 0.454 e. The van der Waals surface area contributed by atoms with Gasteiger partial charge in [0, 0.05) is 12.3 Å². The van der Waals surface area contributed by atoms with E-state index in [-0.39, 0.29) is 18.1 Å². The molecule has 108 valence electrons. The number of hydrogen-bond donors (Lipinski definition) is 0. The van der Waals surface area contributed by atoms with Gasteiger partial charge in [0.05, 0.1) is 4.88 Å². The van der Waals surface area contributed by atoms with Gasteiger partial charge in [0.2, 0.25) is 6.79 Å². The molecule has 1 aromatic heterocycles. The Hall–Kier alpha value is -1.66. The molecule has 0 N–H and O–H groups in total. The molecule has 1 amide bonds. The first kappa shape index (κ1) is 13.0. The SMILES string of the molecule is O=C(c1cccs1)N1CCSC1c1ccc2c(c1)OCO2. The number of amides is 1. The standard InChI is InChI=1S/C15H13NO3S2/c17-14(13-2-1-6-20-13)16-5-7-21-15(16)10-3-4-11-12(8-10)19-9-18-11/h1-4,6,8,15H,5,7,9H2. The van der Waals surface area contributed by atoms with Gasteiger partial charge in [-0.2, -0.15) is 0 Å². The number of thioether (sulfide) groups is 1. The molecule has 1 atom stereocenters. The number of hydrogen-bond acceptors (Lipinski definition) is 5. The van der Waals surface area contributed by atoms with Crippen molar-refractivity contribution in [3.8, 4) is 11.5 Å². The summed E-state index contributed by atoms with van der Waals surface area (Å²) in [6.45, 7) is 1.05. The van der Waals surface area contributed by atoms with Gasteiger partial charge in [-0.25, -0.2) is 0 Å². The molecule has 0 bridgehead atoms. The average Bonchev–Trinajstić information content (AvgIpc) is 3.24. The number of thiophene rings is 1. The molecule has 2 aliphatic heterocycles.